The quantitative estimate of drug-likeness (QED) is 0.755. The van der Waals surface area contributed by atoms with Gasteiger partial charge in [0, 0.05) is 23.4 Å². The summed E-state index contributed by atoms with van der Waals surface area (Å²) in [5.41, 5.74) is 0.988. The molecule has 0 aliphatic carbocycles. The van der Waals surface area contributed by atoms with Crippen molar-refractivity contribution in [2.45, 2.75) is 12.8 Å². The van der Waals surface area contributed by atoms with E-state index in [0.29, 0.717) is 17.9 Å². The van der Waals surface area contributed by atoms with Crippen LogP contribution in [0.15, 0.2) is 40.8 Å². The van der Waals surface area contributed by atoms with Crippen LogP contribution in [0.25, 0.3) is 11.3 Å². The third-order valence-corrected chi connectivity index (χ3v) is 2.55. The van der Waals surface area contributed by atoms with Crippen LogP contribution in [0.3, 0.4) is 0 Å². The van der Waals surface area contributed by atoms with Crippen molar-refractivity contribution in [2.75, 3.05) is 0 Å². The number of furan rings is 1. The molecule has 0 spiro atoms. The van der Waals surface area contributed by atoms with Crippen LogP contribution in [0, 0.1) is 0 Å². The molecular formula is C13H11ClO2. The summed E-state index contributed by atoms with van der Waals surface area (Å²) < 4.78 is 5.61. The van der Waals surface area contributed by atoms with Crippen molar-refractivity contribution in [1.29, 1.82) is 0 Å². The van der Waals surface area contributed by atoms with Crippen molar-refractivity contribution in [1.82, 2.24) is 0 Å². The molecule has 1 aromatic carbocycles. The molecule has 82 valence electrons. The third kappa shape index (κ3) is 2.52. The van der Waals surface area contributed by atoms with Gasteiger partial charge in [-0.1, -0.05) is 11.6 Å². The van der Waals surface area contributed by atoms with Crippen LogP contribution in [0.1, 0.15) is 12.2 Å². The Bertz CT molecular complexity index is 471. The highest BCUT2D eigenvalue weighted by atomic mass is 35.5. The lowest BCUT2D eigenvalue weighted by Crippen LogP contribution is -1.81. The van der Waals surface area contributed by atoms with Gasteiger partial charge in [-0.05, 0) is 36.4 Å². The standard InChI is InChI=1S/C13H11ClO2/c14-11-5-3-10(4-6-11)13-8-7-12(16-13)2-1-9-15/h3-9H,1-2H2. The summed E-state index contributed by atoms with van der Waals surface area (Å²) in [6, 6.07) is 11.3. The number of aryl methyl sites for hydroxylation is 1. The number of carbonyl (C=O) groups is 1. The van der Waals surface area contributed by atoms with E-state index in [1.165, 1.54) is 0 Å². The average molecular weight is 235 g/mol. The second kappa shape index (κ2) is 4.99. The lowest BCUT2D eigenvalue weighted by molar-refractivity contribution is -0.107. The molecule has 0 unspecified atom stereocenters. The van der Waals surface area contributed by atoms with E-state index in [-0.39, 0.29) is 0 Å². The van der Waals surface area contributed by atoms with Crippen LogP contribution in [0.5, 0.6) is 0 Å². The number of hydrogen-bond acceptors (Lipinski definition) is 2. The molecule has 0 saturated heterocycles. The molecule has 0 aliphatic rings. The van der Waals surface area contributed by atoms with Crippen molar-refractivity contribution in [2.24, 2.45) is 0 Å². The van der Waals surface area contributed by atoms with Gasteiger partial charge in [0.05, 0.1) is 0 Å². The molecule has 0 fully saturated rings. The van der Waals surface area contributed by atoms with Gasteiger partial charge in [-0.3, -0.25) is 0 Å². The Morgan fingerprint density at radius 2 is 1.88 bits per heavy atom. The number of carbonyl (C=O) groups excluding carboxylic acids is 1. The molecule has 0 radical (unpaired) electrons. The summed E-state index contributed by atoms with van der Waals surface area (Å²) in [5.74, 6) is 1.63. The largest absolute Gasteiger partial charge is 0.461 e. The summed E-state index contributed by atoms with van der Waals surface area (Å²) in [4.78, 5) is 10.2. The van der Waals surface area contributed by atoms with Crippen molar-refractivity contribution < 1.29 is 9.21 Å². The Labute approximate surface area is 98.8 Å². The van der Waals surface area contributed by atoms with E-state index in [2.05, 4.69) is 0 Å². The van der Waals surface area contributed by atoms with Gasteiger partial charge >= 0.3 is 0 Å². The van der Waals surface area contributed by atoms with Crippen LogP contribution in [-0.4, -0.2) is 6.29 Å². The predicted molar refractivity (Wildman–Crippen MR) is 63.5 cm³/mol. The SMILES string of the molecule is O=CCCc1ccc(-c2ccc(Cl)cc2)o1. The Balaban J connectivity index is 2.17. The number of hydrogen-bond donors (Lipinski definition) is 0. The topological polar surface area (TPSA) is 30.2 Å². The van der Waals surface area contributed by atoms with Gasteiger partial charge in [-0.25, -0.2) is 0 Å². The minimum Gasteiger partial charge on any atom is -0.461 e. The fourth-order valence-corrected chi connectivity index (χ4v) is 1.61. The average Bonchev–Trinajstić information content (AvgIpc) is 2.76. The van der Waals surface area contributed by atoms with E-state index >= 15 is 0 Å². The molecule has 16 heavy (non-hydrogen) atoms. The van der Waals surface area contributed by atoms with Crippen LogP contribution in [-0.2, 0) is 11.2 Å². The first-order valence-corrected chi connectivity index (χ1v) is 5.45. The molecule has 1 heterocycles. The van der Waals surface area contributed by atoms with E-state index in [9.17, 15) is 4.79 Å². The fraction of sp³-hybridized carbons (Fsp3) is 0.154. The van der Waals surface area contributed by atoms with Gasteiger partial charge in [-0.2, -0.15) is 0 Å². The normalized spacial score (nSPS) is 10.3. The molecule has 1 aromatic heterocycles. The number of benzene rings is 1. The Hall–Kier alpha value is -1.54. The first kappa shape index (κ1) is 11.0. The van der Waals surface area contributed by atoms with Gasteiger partial charge in [0.25, 0.3) is 0 Å². The predicted octanol–water partition coefficient (Wildman–Crippen LogP) is 3.73. The second-order valence-electron chi connectivity index (χ2n) is 3.48. The summed E-state index contributed by atoms with van der Waals surface area (Å²) >= 11 is 5.80. The van der Waals surface area contributed by atoms with Crippen LogP contribution >= 0.6 is 11.6 Å². The summed E-state index contributed by atoms with van der Waals surface area (Å²) in [5, 5.41) is 0.705. The van der Waals surface area contributed by atoms with Crippen molar-refractivity contribution in [3.63, 3.8) is 0 Å². The molecule has 2 aromatic rings. The zero-order chi connectivity index (χ0) is 11.4. The smallest absolute Gasteiger partial charge is 0.134 e. The maximum absolute atomic E-state index is 10.2. The van der Waals surface area contributed by atoms with Gasteiger partial charge in [-0.15, -0.1) is 0 Å². The van der Waals surface area contributed by atoms with Crippen LogP contribution in [0.2, 0.25) is 5.02 Å². The molecular weight excluding hydrogens is 224 g/mol. The maximum atomic E-state index is 10.2. The lowest BCUT2D eigenvalue weighted by Gasteiger charge is -1.97. The van der Waals surface area contributed by atoms with E-state index in [1.807, 2.05) is 36.4 Å². The van der Waals surface area contributed by atoms with Crippen LogP contribution in [0.4, 0.5) is 0 Å². The zero-order valence-corrected chi connectivity index (χ0v) is 9.41. The second-order valence-corrected chi connectivity index (χ2v) is 3.91. The Morgan fingerprint density at radius 1 is 1.12 bits per heavy atom. The molecule has 3 heteroatoms. The Kier molecular flexibility index (Phi) is 3.42. The molecule has 2 nitrogen and oxygen atoms in total. The fourth-order valence-electron chi connectivity index (χ4n) is 1.48. The highest BCUT2D eigenvalue weighted by molar-refractivity contribution is 6.30. The highest BCUT2D eigenvalue weighted by Crippen LogP contribution is 2.24. The molecule has 0 N–H and O–H groups in total. The van der Waals surface area contributed by atoms with Gasteiger partial charge < -0.3 is 9.21 Å². The summed E-state index contributed by atoms with van der Waals surface area (Å²) in [6.45, 7) is 0. The lowest BCUT2D eigenvalue weighted by atomic mass is 10.2. The van der Waals surface area contributed by atoms with Gasteiger partial charge in [0.2, 0.25) is 0 Å². The molecule has 0 atom stereocenters. The van der Waals surface area contributed by atoms with Gasteiger partial charge in [0.15, 0.2) is 0 Å². The number of halogens is 1. The first-order valence-electron chi connectivity index (χ1n) is 5.08. The number of rotatable bonds is 4. The first-order chi connectivity index (χ1) is 7.79. The minimum absolute atomic E-state index is 0.494. The molecule has 0 aliphatic heterocycles. The van der Waals surface area contributed by atoms with E-state index in [4.69, 9.17) is 16.0 Å². The van der Waals surface area contributed by atoms with Crippen molar-refractivity contribution in [3.8, 4) is 11.3 Å². The Morgan fingerprint density at radius 3 is 2.56 bits per heavy atom. The van der Waals surface area contributed by atoms with Gasteiger partial charge in [0.1, 0.15) is 17.8 Å². The van der Waals surface area contributed by atoms with Crippen molar-refractivity contribution >= 4 is 17.9 Å². The van der Waals surface area contributed by atoms with E-state index in [1.54, 1.807) is 0 Å². The molecule has 0 saturated carbocycles. The van der Waals surface area contributed by atoms with Crippen molar-refractivity contribution in [3.05, 3.63) is 47.2 Å². The molecule has 0 amide bonds. The molecule has 2 rings (SSSR count). The maximum Gasteiger partial charge on any atom is 0.134 e. The zero-order valence-electron chi connectivity index (χ0n) is 8.65. The third-order valence-electron chi connectivity index (χ3n) is 2.30. The van der Waals surface area contributed by atoms with E-state index < -0.39 is 0 Å². The summed E-state index contributed by atoms with van der Waals surface area (Å²) in [7, 11) is 0. The summed E-state index contributed by atoms with van der Waals surface area (Å²) in [6.07, 6.45) is 2.04. The minimum atomic E-state index is 0.494. The highest BCUT2D eigenvalue weighted by Gasteiger charge is 2.04. The van der Waals surface area contributed by atoms with Crippen LogP contribution < -0.4 is 0 Å². The monoisotopic (exact) mass is 234 g/mol. The number of aldehydes is 1. The molecule has 0 bridgehead atoms. The van der Waals surface area contributed by atoms with E-state index in [0.717, 1.165) is 23.4 Å².